The van der Waals surface area contributed by atoms with Crippen molar-refractivity contribution in [3.8, 4) is 16.2 Å². The Morgan fingerprint density at radius 1 is 0.947 bits per heavy atom. The summed E-state index contributed by atoms with van der Waals surface area (Å²) in [6.07, 6.45) is 0.561. The summed E-state index contributed by atoms with van der Waals surface area (Å²) in [5, 5.41) is 13.3. The number of carbonyl (C=O) groups is 3. The number of Topliss-reactive ketones (excluding diaryl/α,β-unsaturated/α-hetero) is 2. The molecule has 0 aliphatic carbocycles. The van der Waals surface area contributed by atoms with E-state index in [1.54, 1.807) is 66.9 Å². The van der Waals surface area contributed by atoms with Crippen molar-refractivity contribution in [3.63, 3.8) is 0 Å². The number of benzene rings is 2. The van der Waals surface area contributed by atoms with Gasteiger partial charge in [-0.15, -0.1) is 22.7 Å². The van der Waals surface area contributed by atoms with Crippen LogP contribution in [0.15, 0.2) is 65.0 Å². The number of aliphatic imine (C=N–C) groups is 1. The number of primary amides is 1. The quantitative estimate of drug-likeness (QED) is 0.153. The summed E-state index contributed by atoms with van der Waals surface area (Å²) in [4.78, 5) is 42.9. The smallest absolute Gasteiger partial charge is 0.248 e. The van der Waals surface area contributed by atoms with Gasteiger partial charge in [-0.25, -0.2) is 0 Å². The highest BCUT2D eigenvalue weighted by atomic mass is 35.5. The number of amides is 1. The fraction of sp³-hybridized carbons (Fsp3) is 0.143. The molecule has 38 heavy (non-hydrogen) atoms. The minimum absolute atomic E-state index is 0.0593. The Balaban J connectivity index is 1.40. The topological polar surface area (TPSA) is 110 Å². The predicted molar refractivity (Wildman–Crippen MR) is 155 cm³/mol. The third-order valence-corrected chi connectivity index (χ3v) is 8.78. The molecule has 0 atom stereocenters. The molecule has 0 unspecified atom stereocenters. The molecule has 4 rings (SSSR count). The van der Waals surface area contributed by atoms with Crippen molar-refractivity contribution in [2.45, 2.75) is 19.8 Å². The van der Waals surface area contributed by atoms with Crippen molar-refractivity contribution in [3.05, 3.63) is 96.5 Å². The Bertz CT molecular complexity index is 1570. The highest BCUT2D eigenvalue weighted by molar-refractivity contribution is 7.16. The second-order valence-electron chi connectivity index (χ2n) is 8.39. The van der Waals surface area contributed by atoms with Gasteiger partial charge in [-0.05, 0) is 54.8 Å². The van der Waals surface area contributed by atoms with E-state index in [4.69, 9.17) is 28.9 Å². The number of thiophene rings is 2. The molecule has 2 heterocycles. The normalized spacial score (nSPS) is 11.5. The average Bonchev–Trinajstić information content (AvgIpc) is 3.55. The number of ketones is 2. The van der Waals surface area contributed by atoms with E-state index in [0.29, 0.717) is 53.5 Å². The van der Waals surface area contributed by atoms with Crippen molar-refractivity contribution in [1.29, 1.82) is 0 Å². The summed E-state index contributed by atoms with van der Waals surface area (Å²) in [5.74, 6) is -0.823. The number of hydrogen-bond acceptors (Lipinski definition) is 7. The lowest BCUT2D eigenvalue weighted by atomic mass is 10.0. The van der Waals surface area contributed by atoms with Crippen LogP contribution in [0.25, 0.3) is 10.4 Å². The minimum Gasteiger partial charge on any atom is -0.506 e. The third-order valence-electron chi connectivity index (χ3n) is 5.86. The van der Waals surface area contributed by atoms with Crippen molar-refractivity contribution >= 4 is 69.1 Å². The van der Waals surface area contributed by atoms with Gasteiger partial charge in [0.05, 0.1) is 24.7 Å². The standard InChI is InChI=1S/C28H22Cl2N2O4S2/c1-15(19-14-37-27(26(19)35)17-6-8-20(29)21(30)12-17)32-13-23(34)25-11-10-24(38-25)22(33)9-7-16-4-2-3-5-18(16)28(31)36/h2-6,8,10-12,14,35H,7,9,13H2,1H3,(H2,31,36). The van der Waals surface area contributed by atoms with E-state index >= 15 is 0 Å². The van der Waals surface area contributed by atoms with Crippen molar-refractivity contribution < 1.29 is 19.5 Å². The Morgan fingerprint density at radius 3 is 2.37 bits per heavy atom. The molecular formula is C28H22Cl2N2O4S2. The summed E-state index contributed by atoms with van der Waals surface area (Å²) in [6.45, 7) is 1.60. The Morgan fingerprint density at radius 2 is 1.66 bits per heavy atom. The molecule has 6 nitrogen and oxygen atoms in total. The van der Waals surface area contributed by atoms with Crippen LogP contribution >= 0.6 is 45.9 Å². The SMILES string of the molecule is CC(=NCC(=O)c1ccc(C(=O)CCc2ccccc2C(N)=O)s1)c1csc(-c2ccc(Cl)c(Cl)c2)c1O. The van der Waals surface area contributed by atoms with Crippen LogP contribution in [0.2, 0.25) is 10.0 Å². The molecule has 0 aliphatic rings. The molecule has 2 aromatic heterocycles. The van der Waals surface area contributed by atoms with Gasteiger partial charge in [-0.2, -0.15) is 0 Å². The van der Waals surface area contributed by atoms with Crippen LogP contribution in [0.3, 0.4) is 0 Å². The zero-order valence-corrected chi connectivity index (χ0v) is 23.3. The number of rotatable bonds is 10. The van der Waals surface area contributed by atoms with Gasteiger partial charge in [0.2, 0.25) is 5.91 Å². The third kappa shape index (κ3) is 6.22. The van der Waals surface area contributed by atoms with Gasteiger partial charge in [0.1, 0.15) is 12.3 Å². The molecule has 0 bridgehead atoms. The molecule has 2 aromatic carbocycles. The van der Waals surface area contributed by atoms with E-state index in [1.807, 2.05) is 0 Å². The molecule has 3 N–H and O–H groups in total. The zero-order valence-electron chi connectivity index (χ0n) is 20.2. The van der Waals surface area contributed by atoms with E-state index in [-0.39, 0.29) is 30.3 Å². The Labute approximate surface area is 237 Å². The molecule has 194 valence electrons. The molecule has 1 amide bonds. The van der Waals surface area contributed by atoms with E-state index in [1.165, 1.54) is 11.3 Å². The minimum atomic E-state index is -0.533. The maximum absolute atomic E-state index is 12.7. The fourth-order valence-corrected chi connectivity index (χ4v) is 6.00. The first-order valence-electron chi connectivity index (χ1n) is 11.5. The molecular weight excluding hydrogens is 563 g/mol. The largest absolute Gasteiger partial charge is 0.506 e. The lowest BCUT2D eigenvalue weighted by molar-refractivity contribution is 0.0977. The highest BCUT2D eigenvalue weighted by Gasteiger charge is 2.18. The van der Waals surface area contributed by atoms with Crippen molar-refractivity contribution in [2.24, 2.45) is 10.7 Å². The van der Waals surface area contributed by atoms with Crippen molar-refractivity contribution in [1.82, 2.24) is 0 Å². The van der Waals surface area contributed by atoms with E-state index in [2.05, 4.69) is 4.99 Å². The highest BCUT2D eigenvalue weighted by Crippen LogP contribution is 2.40. The number of nitrogens with two attached hydrogens (primary N) is 1. The van der Waals surface area contributed by atoms with Crippen LogP contribution in [-0.4, -0.2) is 34.8 Å². The average molecular weight is 586 g/mol. The summed E-state index contributed by atoms with van der Waals surface area (Å²) < 4.78 is 0. The first-order chi connectivity index (χ1) is 18.2. The van der Waals surface area contributed by atoms with E-state index < -0.39 is 5.91 Å². The Kier molecular flexibility index (Phi) is 8.79. The van der Waals surface area contributed by atoms with Crippen LogP contribution in [0.5, 0.6) is 5.75 Å². The number of carbonyl (C=O) groups excluding carboxylic acids is 3. The lowest BCUT2D eigenvalue weighted by Crippen LogP contribution is -2.14. The van der Waals surface area contributed by atoms with Gasteiger partial charge in [0.15, 0.2) is 11.6 Å². The van der Waals surface area contributed by atoms with Crippen LogP contribution in [0.4, 0.5) is 0 Å². The summed E-state index contributed by atoms with van der Waals surface area (Å²) >= 11 is 14.5. The van der Waals surface area contributed by atoms with Crippen molar-refractivity contribution in [2.75, 3.05) is 6.54 Å². The van der Waals surface area contributed by atoms with Gasteiger partial charge >= 0.3 is 0 Å². The number of hydrogen-bond donors (Lipinski definition) is 2. The molecule has 0 saturated heterocycles. The maximum atomic E-state index is 12.7. The molecule has 4 aromatic rings. The number of nitrogens with zero attached hydrogens (tertiary/aromatic N) is 1. The van der Waals surface area contributed by atoms with Gasteiger partial charge in [0, 0.05) is 28.6 Å². The molecule has 0 fully saturated rings. The zero-order chi connectivity index (χ0) is 27.4. The van der Waals surface area contributed by atoms with Crippen LogP contribution < -0.4 is 5.73 Å². The van der Waals surface area contributed by atoms with Crippen LogP contribution in [0.1, 0.15) is 54.2 Å². The Hall–Kier alpha value is -3.30. The maximum Gasteiger partial charge on any atom is 0.248 e. The molecule has 10 heteroatoms. The van der Waals surface area contributed by atoms with E-state index in [0.717, 1.165) is 16.9 Å². The molecule has 0 spiro atoms. The molecule has 0 aliphatic heterocycles. The van der Waals surface area contributed by atoms with Gasteiger partial charge < -0.3 is 10.8 Å². The first-order valence-corrected chi connectivity index (χ1v) is 13.9. The van der Waals surface area contributed by atoms with Gasteiger partial charge in [-0.3, -0.25) is 19.4 Å². The van der Waals surface area contributed by atoms with Gasteiger partial charge in [-0.1, -0.05) is 47.5 Å². The van der Waals surface area contributed by atoms with Gasteiger partial charge in [0.25, 0.3) is 0 Å². The summed E-state index contributed by atoms with van der Waals surface area (Å²) in [7, 11) is 0. The van der Waals surface area contributed by atoms with Crippen LogP contribution in [0, 0.1) is 0 Å². The number of aryl methyl sites for hydroxylation is 1. The second-order valence-corrected chi connectivity index (χ2v) is 11.2. The second kappa shape index (κ2) is 12.0. The fourth-order valence-electron chi connectivity index (χ4n) is 3.79. The number of halogens is 2. The predicted octanol–water partition coefficient (Wildman–Crippen LogP) is 7.10. The summed E-state index contributed by atoms with van der Waals surface area (Å²) in [6, 6.07) is 15.3. The first kappa shape index (κ1) is 27.7. The monoisotopic (exact) mass is 584 g/mol. The molecule has 0 radical (unpaired) electrons. The van der Waals surface area contributed by atoms with Crippen LogP contribution in [-0.2, 0) is 6.42 Å². The van der Waals surface area contributed by atoms with E-state index in [9.17, 15) is 19.5 Å². The summed E-state index contributed by atoms with van der Waals surface area (Å²) in [5.41, 5.74) is 8.29. The lowest BCUT2D eigenvalue weighted by Gasteiger charge is -2.05. The molecule has 0 saturated carbocycles. The number of aromatic hydroxyl groups is 1.